The zero-order valence-electron chi connectivity index (χ0n) is 8.63. The average Bonchev–Trinajstić information content (AvgIpc) is 2.60. The van der Waals surface area contributed by atoms with Crippen molar-refractivity contribution in [2.24, 2.45) is 5.92 Å². The maximum absolute atomic E-state index is 9.46. The monoisotopic (exact) mass is 207 g/mol. The first-order valence-corrected chi connectivity index (χ1v) is 5.38. The molecule has 0 bridgehead atoms. The third-order valence-electron chi connectivity index (χ3n) is 3.03. The van der Waals surface area contributed by atoms with E-state index in [1.807, 2.05) is 18.2 Å². The lowest BCUT2D eigenvalue weighted by Crippen LogP contribution is -2.34. The molecule has 2 rings (SSSR count). The van der Waals surface area contributed by atoms with E-state index in [9.17, 15) is 10.2 Å². The van der Waals surface area contributed by atoms with Gasteiger partial charge in [-0.2, -0.15) is 0 Å². The summed E-state index contributed by atoms with van der Waals surface area (Å²) in [5, 5.41) is 21.7. The van der Waals surface area contributed by atoms with Crippen molar-refractivity contribution in [3.05, 3.63) is 35.9 Å². The van der Waals surface area contributed by atoms with E-state index in [2.05, 4.69) is 17.4 Å². The largest absolute Gasteiger partial charge is 0.396 e. The third-order valence-corrected chi connectivity index (χ3v) is 3.03. The van der Waals surface area contributed by atoms with Crippen molar-refractivity contribution in [2.45, 2.75) is 25.1 Å². The zero-order valence-corrected chi connectivity index (χ0v) is 8.63. The molecule has 15 heavy (non-hydrogen) atoms. The molecular weight excluding hydrogens is 190 g/mol. The molecule has 3 heteroatoms. The van der Waals surface area contributed by atoms with Crippen molar-refractivity contribution < 1.29 is 10.2 Å². The molecule has 0 spiro atoms. The summed E-state index contributed by atoms with van der Waals surface area (Å²) in [5.41, 5.74) is 1.24. The maximum atomic E-state index is 9.46. The molecule has 82 valence electrons. The highest BCUT2D eigenvalue weighted by Gasteiger charge is 2.31. The van der Waals surface area contributed by atoms with Gasteiger partial charge in [-0.1, -0.05) is 30.3 Å². The molecule has 0 radical (unpaired) electrons. The van der Waals surface area contributed by atoms with Gasteiger partial charge in [0, 0.05) is 18.6 Å². The molecule has 3 nitrogen and oxygen atoms in total. The van der Waals surface area contributed by atoms with Crippen molar-refractivity contribution in [3.63, 3.8) is 0 Å². The SMILES string of the molecule is OCC1CC(O)NC1Cc1ccccc1. The second kappa shape index (κ2) is 4.75. The van der Waals surface area contributed by atoms with E-state index in [-0.39, 0.29) is 18.6 Å². The van der Waals surface area contributed by atoms with Gasteiger partial charge in [-0.15, -0.1) is 0 Å². The smallest absolute Gasteiger partial charge is 0.105 e. The van der Waals surface area contributed by atoms with E-state index in [0.717, 1.165) is 6.42 Å². The van der Waals surface area contributed by atoms with E-state index < -0.39 is 6.23 Å². The molecule has 1 aliphatic rings. The van der Waals surface area contributed by atoms with Crippen LogP contribution in [-0.4, -0.2) is 29.1 Å². The van der Waals surface area contributed by atoms with Crippen LogP contribution in [-0.2, 0) is 6.42 Å². The number of hydrogen-bond acceptors (Lipinski definition) is 3. The number of aliphatic hydroxyl groups is 2. The summed E-state index contributed by atoms with van der Waals surface area (Å²) in [5.74, 6) is 0.167. The van der Waals surface area contributed by atoms with E-state index in [4.69, 9.17) is 0 Å². The van der Waals surface area contributed by atoms with Crippen LogP contribution in [0.1, 0.15) is 12.0 Å². The lowest BCUT2D eigenvalue weighted by Gasteiger charge is -2.17. The minimum atomic E-state index is -0.462. The standard InChI is InChI=1S/C12H17NO2/c14-8-10-7-12(15)13-11(10)6-9-4-2-1-3-5-9/h1-5,10-15H,6-8H2. The van der Waals surface area contributed by atoms with Crippen LogP contribution in [0.2, 0.25) is 0 Å². The Balaban J connectivity index is 2.00. The molecule has 1 heterocycles. The van der Waals surface area contributed by atoms with Gasteiger partial charge in [0.1, 0.15) is 6.23 Å². The van der Waals surface area contributed by atoms with Gasteiger partial charge >= 0.3 is 0 Å². The molecule has 1 fully saturated rings. The highest BCUT2D eigenvalue weighted by atomic mass is 16.3. The van der Waals surface area contributed by atoms with Gasteiger partial charge in [-0.25, -0.2) is 0 Å². The van der Waals surface area contributed by atoms with Crippen LogP contribution in [0.3, 0.4) is 0 Å². The Morgan fingerprint density at radius 2 is 2.00 bits per heavy atom. The van der Waals surface area contributed by atoms with Crippen molar-refractivity contribution in [1.82, 2.24) is 5.32 Å². The second-order valence-electron chi connectivity index (χ2n) is 4.16. The van der Waals surface area contributed by atoms with Crippen molar-refractivity contribution in [3.8, 4) is 0 Å². The Bertz CT molecular complexity index is 302. The zero-order chi connectivity index (χ0) is 10.7. The number of nitrogens with one attached hydrogen (secondary N) is 1. The Hall–Kier alpha value is -0.900. The summed E-state index contributed by atoms with van der Waals surface area (Å²) in [6.07, 6.45) is 1.05. The quantitative estimate of drug-likeness (QED) is 0.677. The normalized spacial score (nSPS) is 30.7. The third kappa shape index (κ3) is 2.56. The topological polar surface area (TPSA) is 52.5 Å². The van der Waals surface area contributed by atoms with Crippen molar-refractivity contribution in [2.75, 3.05) is 6.61 Å². The fraction of sp³-hybridized carbons (Fsp3) is 0.500. The van der Waals surface area contributed by atoms with E-state index >= 15 is 0 Å². The van der Waals surface area contributed by atoms with Gasteiger partial charge in [0.2, 0.25) is 0 Å². The Morgan fingerprint density at radius 1 is 1.27 bits per heavy atom. The van der Waals surface area contributed by atoms with Gasteiger partial charge in [-0.3, -0.25) is 5.32 Å². The van der Waals surface area contributed by atoms with Gasteiger partial charge in [0.25, 0.3) is 0 Å². The van der Waals surface area contributed by atoms with Gasteiger partial charge in [0.05, 0.1) is 0 Å². The Kier molecular flexibility index (Phi) is 3.36. The number of aliphatic hydroxyl groups excluding tert-OH is 2. The fourth-order valence-electron chi connectivity index (χ4n) is 2.20. The lowest BCUT2D eigenvalue weighted by molar-refractivity contribution is 0.147. The fourth-order valence-corrected chi connectivity index (χ4v) is 2.20. The molecule has 1 saturated heterocycles. The van der Waals surface area contributed by atoms with Crippen LogP contribution in [0.15, 0.2) is 30.3 Å². The van der Waals surface area contributed by atoms with Crippen LogP contribution in [0.4, 0.5) is 0 Å². The van der Waals surface area contributed by atoms with Gasteiger partial charge in [0.15, 0.2) is 0 Å². The molecule has 0 aromatic heterocycles. The van der Waals surface area contributed by atoms with E-state index in [1.54, 1.807) is 0 Å². The molecule has 3 atom stereocenters. The summed E-state index contributed by atoms with van der Waals surface area (Å²) in [4.78, 5) is 0. The second-order valence-corrected chi connectivity index (χ2v) is 4.16. The van der Waals surface area contributed by atoms with E-state index in [1.165, 1.54) is 5.56 Å². The molecule has 3 N–H and O–H groups in total. The molecule has 1 aliphatic heterocycles. The molecule has 3 unspecified atom stereocenters. The van der Waals surface area contributed by atoms with Crippen LogP contribution in [0.25, 0.3) is 0 Å². The van der Waals surface area contributed by atoms with Gasteiger partial charge in [-0.05, 0) is 18.4 Å². The Morgan fingerprint density at radius 3 is 2.67 bits per heavy atom. The molecular formula is C12H17NO2. The predicted octanol–water partition coefficient (Wildman–Crippen LogP) is 0.518. The van der Waals surface area contributed by atoms with Crippen LogP contribution in [0.5, 0.6) is 0 Å². The van der Waals surface area contributed by atoms with Crippen molar-refractivity contribution in [1.29, 1.82) is 0 Å². The first-order chi connectivity index (χ1) is 7.29. The average molecular weight is 207 g/mol. The molecule has 1 aromatic carbocycles. The maximum Gasteiger partial charge on any atom is 0.105 e. The van der Waals surface area contributed by atoms with Crippen LogP contribution in [0, 0.1) is 5.92 Å². The summed E-state index contributed by atoms with van der Waals surface area (Å²) in [6, 6.07) is 10.3. The van der Waals surface area contributed by atoms with Crippen LogP contribution < -0.4 is 5.32 Å². The summed E-state index contributed by atoms with van der Waals surface area (Å²) < 4.78 is 0. The first kappa shape index (κ1) is 10.6. The highest BCUT2D eigenvalue weighted by Crippen LogP contribution is 2.21. The highest BCUT2D eigenvalue weighted by molar-refractivity contribution is 5.16. The number of rotatable bonds is 3. The summed E-state index contributed by atoms with van der Waals surface area (Å²) >= 11 is 0. The number of hydrogen-bond donors (Lipinski definition) is 3. The Labute approximate surface area is 89.8 Å². The lowest BCUT2D eigenvalue weighted by atomic mass is 9.95. The van der Waals surface area contributed by atoms with Gasteiger partial charge < -0.3 is 10.2 Å². The van der Waals surface area contributed by atoms with Crippen molar-refractivity contribution >= 4 is 0 Å². The van der Waals surface area contributed by atoms with E-state index in [0.29, 0.717) is 6.42 Å². The molecule has 0 amide bonds. The summed E-state index contributed by atoms with van der Waals surface area (Å²) in [7, 11) is 0. The first-order valence-electron chi connectivity index (χ1n) is 5.38. The molecule has 0 saturated carbocycles. The molecule has 0 aliphatic carbocycles. The minimum Gasteiger partial charge on any atom is -0.396 e. The minimum absolute atomic E-state index is 0.140. The number of benzene rings is 1. The van der Waals surface area contributed by atoms with Crippen LogP contribution >= 0.6 is 0 Å². The molecule has 1 aromatic rings. The predicted molar refractivity (Wildman–Crippen MR) is 58.3 cm³/mol. The summed E-state index contributed by atoms with van der Waals surface area (Å²) in [6.45, 7) is 0.140.